The predicted octanol–water partition coefficient (Wildman–Crippen LogP) is 3.03. The molecule has 0 aliphatic carbocycles. The molecule has 2 rings (SSSR count). The van der Waals surface area contributed by atoms with E-state index < -0.39 is 0 Å². The number of aryl methyl sites for hydroxylation is 1. The molecule has 0 amide bonds. The van der Waals surface area contributed by atoms with Crippen LogP contribution in [0.1, 0.15) is 15.9 Å². The van der Waals surface area contributed by atoms with Crippen LogP contribution in [0.4, 0.5) is 5.69 Å². The summed E-state index contributed by atoms with van der Waals surface area (Å²) in [6.45, 7) is 1.87. The number of hydrogen-bond donors (Lipinski definition) is 1. The fraction of sp³-hybridized carbons (Fsp3) is 0.133. The van der Waals surface area contributed by atoms with Crippen molar-refractivity contribution in [2.75, 3.05) is 12.8 Å². The Balaban J connectivity index is 2.53. The van der Waals surface area contributed by atoms with E-state index >= 15 is 0 Å². The summed E-state index contributed by atoms with van der Waals surface area (Å²) in [7, 11) is 1.36. The molecule has 0 unspecified atom stereocenters. The quantitative estimate of drug-likeness (QED) is 0.649. The second kappa shape index (κ2) is 4.92. The van der Waals surface area contributed by atoms with Crippen molar-refractivity contribution < 1.29 is 9.53 Å². The molecule has 0 heterocycles. The van der Waals surface area contributed by atoms with Gasteiger partial charge >= 0.3 is 5.97 Å². The van der Waals surface area contributed by atoms with Crippen LogP contribution in [-0.4, -0.2) is 13.1 Å². The Labute approximate surface area is 106 Å². The maximum Gasteiger partial charge on any atom is 0.338 e. The highest BCUT2D eigenvalue weighted by Crippen LogP contribution is 2.29. The molecule has 0 radical (unpaired) electrons. The molecule has 0 bridgehead atoms. The van der Waals surface area contributed by atoms with Crippen molar-refractivity contribution in [3.05, 3.63) is 53.6 Å². The van der Waals surface area contributed by atoms with E-state index in [0.717, 1.165) is 16.7 Å². The number of benzene rings is 2. The van der Waals surface area contributed by atoms with Crippen LogP contribution in [0, 0.1) is 6.92 Å². The SMILES string of the molecule is COC(=O)c1cc(N)c(-c2ccccc2)cc1C. The number of anilines is 1. The average molecular weight is 241 g/mol. The topological polar surface area (TPSA) is 52.3 Å². The number of carbonyl (C=O) groups excluding carboxylic acids is 1. The van der Waals surface area contributed by atoms with Gasteiger partial charge in [-0.1, -0.05) is 30.3 Å². The van der Waals surface area contributed by atoms with Crippen LogP contribution in [0.5, 0.6) is 0 Å². The molecule has 3 nitrogen and oxygen atoms in total. The van der Waals surface area contributed by atoms with Crippen LogP contribution in [0.2, 0.25) is 0 Å². The summed E-state index contributed by atoms with van der Waals surface area (Å²) < 4.78 is 4.72. The number of rotatable bonds is 2. The lowest BCUT2D eigenvalue weighted by Crippen LogP contribution is -2.05. The van der Waals surface area contributed by atoms with E-state index in [-0.39, 0.29) is 5.97 Å². The first-order valence-electron chi connectivity index (χ1n) is 5.67. The second-order valence-corrected chi connectivity index (χ2v) is 4.11. The lowest BCUT2D eigenvalue weighted by molar-refractivity contribution is 0.0600. The Morgan fingerprint density at radius 3 is 2.44 bits per heavy atom. The number of nitrogens with two attached hydrogens (primary N) is 1. The minimum absolute atomic E-state index is 0.362. The van der Waals surface area contributed by atoms with Crippen LogP contribution in [0.3, 0.4) is 0 Å². The van der Waals surface area contributed by atoms with Crippen molar-refractivity contribution in [2.24, 2.45) is 0 Å². The molecule has 0 atom stereocenters. The highest BCUT2D eigenvalue weighted by Gasteiger charge is 2.13. The number of hydrogen-bond acceptors (Lipinski definition) is 3. The number of esters is 1. The summed E-state index contributed by atoms with van der Waals surface area (Å²) in [6, 6.07) is 13.4. The van der Waals surface area contributed by atoms with E-state index in [0.29, 0.717) is 11.3 Å². The molecule has 0 saturated heterocycles. The summed E-state index contributed by atoms with van der Waals surface area (Å²) >= 11 is 0. The van der Waals surface area contributed by atoms with Crippen molar-refractivity contribution in [3.8, 4) is 11.1 Å². The minimum Gasteiger partial charge on any atom is -0.465 e. The number of carbonyl (C=O) groups is 1. The Morgan fingerprint density at radius 2 is 1.83 bits per heavy atom. The number of ether oxygens (including phenoxy) is 1. The van der Waals surface area contributed by atoms with Crippen LogP contribution in [0.15, 0.2) is 42.5 Å². The number of methoxy groups -OCH3 is 1. The van der Waals surface area contributed by atoms with Gasteiger partial charge in [-0.2, -0.15) is 0 Å². The maximum absolute atomic E-state index is 11.6. The Morgan fingerprint density at radius 1 is 1.17 bits per heavy atom. The highest BCUT2D eigenvalue weighted by molar-refractivity contribution is 5.94. The van der Waals surface area contributed by atoms with Gasteiger partial charge in [0.25, 0.3) is 0 Å². The zero-order valence-corrected chi connectivity index (χ0v) is 10.4. The van der Waals surface area contributed by atoms with Crippen molar-refractivity contribution in [3.63, 3.8) is 0 Å². The molecular weight excluding hydrogens is 226 g/mol. The summed E-state index contributed by atoms with van der Waals surface area (Å²) in [4.78, 5) is 11.6. The Bertz CT molecular complexity index is 577. The molecular formula is C15H15NO2. The summed E-state index contributed by atoms with van der Waals surface area (Å²) in [5, 5.41) is 0. The lowest BCUT2D eigenvalue weighted by Gasteiger charge is -2.10. The third-order valence-corrected chi connectivity index (χ3v) is 2.89. The molecule has 2 N–H and O–H groups in total. The van der Waals surface area contributed by atoms with E-state index in [4.69, 9.17) is 10.5 Å². The van der Waals surface area contributed by atoms with Crippen LogP contribution >= 0.6 is 0 Å². The standard InChI is InChI=1S/C15H15NO2/c1-10-8-13(11-6-4-3-5-7-11)14(16)9-12(10)15(17)18-2/h3-9H,16H2,1-2H3. The lowest BCUT2D eigenvalue weighted by atomic mass is 9.98. The van der Waals surface area contributed by atoms with Crippen molar-refractivity contribution >= 4 is 11.7 Å². The smallest absolute Gasteiger partial charge is 0.338 e. The zero-order chi connectivity index (χ0) is 13.1. The van der Waals surface area contributed by atoms with Gasteiger partial charge in [0, 0.05) is 11.3 Å². The van der Waals surface area contributed by atoms with Gasteiger partial charge < -0.3 is 10.5 Å². The van der Waals surface area contributed by atoms with Gasteiger partial charge in [0.05, 0.1) is 12.7 Å². The summed E-state index contributed by atoms with van der Waals surface area (Å²) in [6.07, 6.45) is 0. The normalized spacial score (nSPS) is 10.1. The van der Waals surface area contributed by atoms with E-state index in [1.54, 1.807) is 6.07 Å². The first kappa shape index (κ1) is 12.2. The van der Waals surface area contributed by atoms with Gasteiger partial charge in [-0.15, -0.1) is 0 Å². The zero-order valence-electron chi connectivity index (χ0n) is 10.4. The van der Waals surface area contributed by atoms with E-state index in [1.165, 1.54) is 7.11 Å². The second-order valence-electron chi connectivity index (χ2n) is 4.11. The molecule has 0 aliphatic rings. The molecule has 0 aliphatic heterocycles. The molecule has 92 valence electrons. The van der Waals surface area contributed by atoms with Crippen molar-refractivity contribution in [2.45, 2.75) is 6.92 Å². The Kier molecular flexibility index (Phi) is 3.33. The molecule has 2 aromatic rings. The van der Waals surface area contributed by atoms with Gasteiger partial charge in [-0.3, -0.25) is 0 Å². The van der Waals surface area contributed by atoms with Gasteiger partial charge in [-0.25, -0.2) is 4.79 Å². The minimum atomic E-state index is -0.362. The molecule has 0 saturated carbocycles. The molecule has 0 fully saturated rings. The summed E-state index contributed by atoms with van der Waals surface area (Å²) in [5.41, 5.74) is 9.92. The first-order chi connectivity index (χ1) is 8.63. The molecule has 3 heteroatoms. The largest absolute Gasteiger partial charge is 0.465 e. The van der Waals surface area contributed by atoms with Gasteiger partial charge in [0.1, 0.15) is 0 Å². The van der Waals surface area contributed by atoms with E-state index in [2.05, 4.69) is 0 Å². The third-order valence-electron chi connectivity index (χ3n) is 2.89. The third kappa shape index (κ3) is 2.20. The van der Waals surface area contributed by atoms with Crippen LogP contribution in [0.25, 0.3) is 11.1 Å². The average Bonchev–Trinajstić information content (AvgIpc) is 2.41. The van der Waals surface area contributed by atoms with Crippen LogP contribution < -0.4 is 5.73 Å². The predicted molar refractivity (Wildman–Crippen MR) is 72.4 cm³/mol. The van der Waals surface area contributed by atoms with Gasteiger partial charge in [0.2, 0.25) is 0 Å². The van der Waals surface area contributed by atoms with Gasteiger partial charge in [-0.05, 0) is 30.2 Å². The Hall–Kier alpha value is -2.29. The van der Waals surface area contributed by atoms with E-state index in [9.17, 15) is 4.79 Å². The highest BCUT2D eigenvalue weighted by atomic mass is 16.5. The van der Waals surface area contributed by atoms with Gasteiger partial charge in [0.15, 0.2) is 0 Å². The van der Waals surface area contributed by atoms with Crippen molar-refractivity contribution in [1.29, 1.82) is 0 Å². The fourth-order valence-electron chi connectivity index (χ4n) is 1.92. The van der Waals surface area contributed by atoms with Crippen molar-refractivity contribution in [1.82, 2.24) is 0 Å². The fourth-order valence-corrected chi connectivity index (χ4v) is 1.92. The molecule has 0 spiro atoms. The van der Waals surface area contributed by atoms with E-state index in [1.807, 2.05) is 43.3 Å². The molecule has 0 aromatic heterocycles. The molecule has 18 heavy (non-hydrogen) atoms. The monoisotopic (exact) mass is 241 g/mol. The molecule has 2 aromatic carbocycles. The maximum atomic E-state index is 11.6. The first-order valence-corrected chi connectivity index (χ1v) is 5.67. The summed E-state index contributed by atoms with van der Waals surface area (Å²) in [5.74, 6) is -0.362. The van der Waals surface area contributed by atoms with Crippen LogP contribution in [-0.2, 0) is 4.74 Å². The number of nitrogen functional groups attached to an aromatic ring is 1.